The first kappa shape index (κ1) is 19.5. The number of hydrogen-bond donors (Lipinski definition) is 1. The van der Waals surface area contributed by atoms with E-state index in [0.29, 0.717) is 13.1 Å². The monoisotopic (exact) mass is 405 g/mol. The molecule has 1 saturated heterocycles. The number of halogens is 1. The first-order valence-corrected chi connectivity index (χ1v) is 10.2. The van der Waals surface area contributed by atoms with Crippen LogP contribution in [-0.2, 0) is 0 Å². The van der Waals surface area contributed by atoms with Crippen LogP contribution in [0.4, 0.5) is 10.5 Å². The Bertz CT molecular complexity index is 923. The Morgan fingerprint density at radius 1 is 0.759 bits per heavy atom. The SMILES string of the molecule is O=C(Nc1ccccc1)N1CCN([C@H](c2ccccc2)c2ccc(Cl)cc2)CC1. The molecule has 4 rings (SSSR count). The molecule has 1 heterocycles. The quantitative estimate of drug-likeness (QED) is 0.641. The lowest BCUT2D eigenvalue weighted by Gasteiger charge is -2.39. The van der Waals surface area contributed by atoms with Crippen molar-refractivity contribution in [1.29, 1.82) is 0 Å². The molecular weight excluding hydrogens is 382 g/mol. The summed E-state index contributed by atoms with van der Waals surface area (Å²) in [6, 6.07) is 28.3. The van der Waals surface area contributed by atoms with Gasteiger partial charge in [0.2, 0.25) is 0 Å². The summed E-state index contributed by atoms with van der Waals surface area (Å²) in [7, 11) is 0. The van der Waals surface area contributed by atoms with E-state index in [1.165, 1.54) is 11.1 Å². The third-order valence-corrected chi connectivity index (χ3v) is 5.54. The highest BCUT2D eigenvalue weighted by Gasteiger charge is 2.28. The number of para-hydroxylation sites is 1. The molecule has 0 radical (unpaired) electrons. The highest BCUT2D eigenvalue weighted by Crippen LogP contribution is 2.30. The Morgan fingerprint density at radius 2 is 1.31 bits per heavy atom. The largest absolute Gasteiger partial charge is 0.322 e. The molecule has 2 amide bonds. The van der Waals surface area contributed by atoms with Crippen molar-refractivity contribution in [2.45, 2.75) is 6.04 Å². The molecule has 0 unspecified atom stereocenters. The molecule has 1 aliphatic rings. The fraction of sp³-hybridized carbons (Fsp3) is 0.208. The van der Waals surface area contributed by atoms with E-state index in [9.17, 15) is 4.79 Å². The molecular formula is C24H24ClN3O. The van der Waals surface area contributed by atoms with Crippen LogP contribution in [0.3, 0.4) is 0 Å². The summed E-state index contributed by atoms with van der Waals surface area (Å²) >= 11 is 6.10. The summed E-state index contributed by atoms with van der Waals surface area (Å²) in [6.07, 6.45) is 0. The van der Waals surface area contributed by atoms with E-state index in [1.54, 1.807) is 0 Å². The molecule has 4 nitrogen and oxygen atoms in total. The van der Waals surface area contributed by atoms with Gasteiger partial charge in [-0.1, -0.05) is 72.3 Å². The second-order valence-electron chi connectivity index (χ2n) is 7.18. The second kappa shape index (κ2) is 9.12. The number of nitrogens with one attached hydrogen (secondary N) is 1. The minimum absolute atomic E-state index is 0.0430. The van der Waals surface area contributed by atoms with Crippen LogP contribution < -0.4 is 5.32 Å². The van der Waals surface area contributed by atoms with Gasteiger partial charge in [0.25, 0.3) is 0 Å². The average Bonchev–Trinajstić information content (AvgIpc) is 2.77. The van der Waals surface area contributed by atoms with Crippen molar-refractivity contribution < 1.29 is 4.79 Å². The van der Waals surface area contributed by atoms with Crippen LogP contribution in [0.1, 0.15) is 17.2 Å². The third kappa shape index (κ3) is 4.78. The topological polar surface area (TPSA) is 35.6 Å². The van der Waals surface area contributed by atoms with E-state index in [-0.39, 0.29) is 12.1 Å². The lowest BCUT2D eigenvalue weighted by atomic mass is 9.96. The molecule has 3 aromatic carbocycles. The van der Waals surface area contributed by atoms with Crippen molar-refractivity contribution in [3.8, 4) is 0 Å². The number of carbonyl (C=O) groups excluding carboxylic acids is 1. The van der Waals surface area contributed by atoms with Gasteiger partial charge in [-0.25, -0.2) is 4.79 Å². The maximum Gasteiger partial charge on any atom is 0.321 e. The van der Waals surface area contributed by atoms with Crippen LogP contribution in [0.2, 0.25) is 5.02 Å². The van der Waals surface area contributed by atoms with Crippen LogP contribution in [0.15, 0.2) is 84.9 Å². The minimum Gasteiger partial charge on any atom is -0.322 e. The summed E-state index contributed by atoms with van der Waals surface area (Å²) in [5.41, 5.74) is 3.28. The number of nitrogens with zero attached hydrogens (tertiary/aromatic N) is 2. The van der Waals surface area contributed by atoms with E-state index >= 15 is 0 Å². The van der Waals surface area contributed by atoms with Crippen LogP contribution in [0.5, 0.6) is 0 Å². The molecule has 0 aliphatic carbocycles. The summed E-state index contributed by atoms with van der Waals surface area (Å²) in [6.45, 7) is 3.00. The Labute approximate surface area is 176 Å². The summed E-state index contributed by atoms with van der Waals surface area (Å²) in [5, 5.41) is 3.72. The molecule has 1 aliphatic heterocycles. The van der Waals surface area contributed by atoms with Crippen molar-refractivity contribution in [3.63, 3.8) is 0 Å². The number of benzene rings is 3. The molecule has 3 aromatic rings. The van der Waals surface area contributed by atoms with Gasteiger partial charge in [0.1, 0.15) is 0 Å². The van der Waals surface area contributed by atoms with Gasteiger partial charge >= 0.3 is 6.03 Å². The number of anilines is 1. The molecule has 0 spiro atoms. The second-order valence-corrected chi connectivity index (χ2v) is 7.62. The molecule has 148 valence electrons. The van der Waals surface area contributed by atoms with Crippen molar-refractivity contribution in [2.24, 2.45) is 0 Å². The van der Waals surface area contributed by atoms with Crippen molar-refractivity contribution in [1.82, 2.24) is 9.80 Å². The lowest BCUT2D eigenvalue weighted by Crippen LogP contribution is -2.51. The number of carbonyl (C=O) groups is 1. The Hall–Kier alpha value is -2.82. The highest BCUT2D eigenvalue weighted by atomic mass is 35.5. The van der Waals surface area contributed by atoms with Crippen LogP contribution in [0.25, 0.3) is 0 Å². The zero-order valence-electron chi connectivity index (χ0n) is 16.2. The summed E-state index contributed by atoms with van der Waals surface area (Å²) in [5.74, 6) is 0. The van der Waals surface area contributed by atoms with Crippen molar-refractivity contribution >= 4 is 23.3 Å². The van der Waals surface area contributed by atoms with Crippen LogP contribution in [-0.4, -0.2) is 42.0 Å². The van der Waals surface area contributed by atoms with E-state index in [0.717, 1.165) is 23.8 Å². The average molecular weight is 406 g/mol. The molecule has 0 saturated carbocycles. The maximum atomic E-state index is 12.6. The molecule has 1 atom stereocenters. The molecule has 1 fully saturated rings. The smallest absolute Gasteiger partial charge is 0.321 e. The minimum atomic E-state index is -0.0430. The first-order chi connectivity index (χ1) is 14.2. The Morgan fingerprint density at radius 3 is 1.93 bits per heavy atom. The van der Waals surface area contributed by atoms with E-state index in [1.807, 2.05) is 53.4 Å². The predicted octanol–water partition coefficient (Wildman–Crippen LogP) is 5.28. The fourth-order valence-electron chi connectivity index (χ4n) is 3.80. The Balaban J connectivity index is 1.47. The lowest BCUT2D eigenvalue weighted by molar-refractivity contribution is 0.126. The van der Waals surface area contributed by atoms with Gasteiger partial charge in [0.15, 0.2) is 0 Å². The van der Waals surface area contributed by atoms with Gasteiger partial charge in [0, 0.05) is 36.9 Å². The van der Waals surface area contributed by atoms with Gasteiger partial charge in [-0.2, -0.15) is 0 Å². The van der Waals surface area contributed by atoms with Gasteiger partial charge in [0.05, 0.1) is 6.04 Å². The fourth-order valence-corrected chi connectivity index (χ4v) is 3.93. The predicted molar refractivity (Wildman–Crippen MR) is 118 cm³/mol. The molecule has 29 heavy (non-hydrogen) atoms. The molecule has 0 bridgehead atoms. The van der Waals surface area contributed by atoms with Gasteiger partial charge < -0.3 is 10.2 Å². The number of rotatable bonds is 4. The number of urea groups is 1. The molecule has 5 heteroatoms. The number of hydrogen-bond acceptors (Lipinski definition) is 2. The first-order valence-electron chi connectivity index (χ1n) is 9.86. The number of amides is 2. The van der Waals surface area contributed by atoms with Crippen molar-refractivity contribution in [2.75, 3.05) is 31.5 Å². The van der Waals surface area contributed by atoms with Crippen LogP contribution >= 0.6 is 11.6 Å². The summed E-state index contributed by atoms with van der Waals surface area (Å²) in [4.78, 5) is 16.9. The van der Waals surface area contributed by atoms with Gasteiger partial charge in [-0.15, -0.1) is 0 Å². The molecule has 1 N–H and O–H groups in total. The van der Waals surface area contributed by atoms with Gasteiger partial charge in [-0.05, 0) is 35.4 Å². The maximum absolute atomic E-state index is 12.6. The standard InChI is InChI=1S/C24H24ClN3O/c25-21-13-11-20(12-14-21)23(19-7-3-1-4-8-19)27-15-17-28(18-16-27)24(29)26-22-9-5-2-6-10-22/h1-14,23H,15-18H2,(H,26,29)/t23-/m1/s1. The summed E-state index contributed by atoms with van der Waals surface area (Å²) < 4.78 is 0. The van der Waals surface area contributed by atoms with E-state index in [4.69, 9.17) is 11.6 Å². The van der Waals surface area contributed by atoms with E-state index in [2.05, 4.69) is 46.6 Å². The molecule has 0 aromatic heterocycles. The Kier molecular flexibility index (Phi) is 6.13. The van der Waals surface area contributed by atoms with Gasteiger partial charge in [-0.3, -0.25) is 4.90 Å². The highest BCUT2D eigenvalue weighted by molar-refractivity contribution is 6.30. The van der Waals surface area contributed by atoms with Crippen LogP contribution in [0, 0.1) is 0 Å². The normalized spacial score (nSPS) is 15.7. The number of piperazine rings is 1. The zero-order chi connectivity index (χ0) is 20.1. The van der Waals surface area contributed by atoms with Crippen molar-refractivity contribution in [3.05, 3.63) is 101 Å². The zero-order valence-corrected chi connectivity index (χ0v) is 16.9. The third-order valence-electron chi connectivity index (χ3n) is 5.29. The van der Waals surface area contributed by atoms with E-state index < -0.39 is 0 Å².